The first kappa shape index (κ1) is 12.7. The zero-order chi connectivity index (χ0) is 13.2. The van der Waals surface area contributed by atoms with Gasteiger partial charge >= 0.3 is 0 Å². The lowest BCUT2D eigenvalue weighted by Crippen LogP contribution is -2.01. The molecule has 3 rings (SSSR count). The second-order valence-electron chi connectivity index (χ2n) is 4.84. The van der Waals surface area contributed by atoms with Crippen LogP contribution < -0.4 is 4.74 Å². The number of aliphatic hydroxyl groups excluding tert-OH is 1. The van der Waals surface area contributed by atoms with Crippen LogP contribution in [0.25, 0.3) is 0 Å². The highest BCUT2D eigenvalue weighted by atomic mass is 79.9. The SMILES string of the molecule is OC(c1ccc(Br)cc1)c1cccc(OC2CC2)c1. The Morgan fingerprint density at radius 2 is 1.79 bits per heavy atom. The van der Waals surface area contributed by atoms with Crippen LogP contribution in [0.2, 0.25) is 0 Å². The maximum atomic E-state index is 10.4. The lowest BCUT2D eigenvalue weighted by Gasteiger charge is -2.13. The van der Waals surface area contributed by atoms with Gasteiger partial charge in [-0.2, -0.15) is 0 Å². The highest BCUT2D eigenvalue weighted by molar-refractivity contribution is 9.10. The molecular weight excluding hydrogens is 304 g/mol. The second-order valence-corrected chi connectivity index (χ2v) is 5.76. The lowest BCUT2D eigenvalue weighted by molar-refractivity contribution is 0.219. The summed E-state index contributed by atoms with van der Waals surface area (Å²) in [4.78, 5) is 0. The van der Waals surface area contributed by atoms with Crippen molar-refractivity contribution < 1.29 is 9.84 Å². The van der Waals surface area contributed by atoms with E-state index in [4.69, 9.17) is 4.74 Å². The van der Waals surface area contributed by atoms with Crippen molar-refractivity contribution >= 4 is 15.9 Å². The summed E-state index contributed by atoms with van der Waals surface area (Å²) in [7, 11) is 0. The molecule has 2 aromatic carbocycles. The number of aliphatic hydroxyl groups is 1. The molecular formula is C16H15BrO2. The molecule has 19 heavy (non-hydrogen) atoms. The van der Waals surface area contributed by atoms with Gasteiger partial charge in [-0.1, -0.05) is 40.2 Å². The molecule has 0 heterocycles. The van der Waals surface area contributed by atoms with Crippen molar-refractivity contribution in [3.8, 4) is 5.75 Å². The summed E-state index contributed by atoms with van der Waals surface area (Å²) in [6.45, 7) is 0. The molecule has 0 aliphatic heterocycles. The molecule has 1 unspecified atom stereocenters. The van der Waals surface area contributed by atoms with E-state index >= 15 is 0 Å². The monoisotopic (exact) mass is 318 g/mol. The van der Waals surface area contributed by atoms with Gasteiger partial charge in [0.05, 0.1) is 6.10 Å². The van der Waals surface area contributed by atoms with E-state index in [1.165, 1.54) is 0 Å². The number of halogens is 1. The number of hydrogen-bond acceptors (Lipinski definition) is 2. The van der Waals surface area contributed by atoms with Crippen LogP contribution in [0, 0.1) is 0 Å². The predicted octanol–water partition coefficient (Wildman–Crippen LogP) is 4.07. The average molecular weight is 319 g/mol. The van der Waals surface area contributed by atoms with Gasteiger partial charge in [0.2, 0.25) is 0 Å². The van der Waals surface area contributed by atoms with Gasteiger partial charge in [-0.25, -0.2) is 0 Å². The Kier molecular flexibility index (Phi) is 3.58. The predicted molar refractivity (Wildman–Crippen MR) is 78.3 cm³/mol. The van der Waals surface area contributed by atoms with Gasteiger partial charge in [0.1, 0.15) is 11.9 Å². The molecule has 2 nitrogen and oxygen atoms in total. The van der Waals surface area contributed by atoms with Gasteiger partial charge in [-0.05, 0) is 48.2 Å². The molecule has 0 saturated heterocycles. The highest BCUT2D eigenvalue weighted by Crippen LogP contribution is 2.30. The number of ether oxygens (including phenoxy) is 1. The Balaban J connectivity index is 1.81. The molecule has 1 aliphatic carbocycles. The van der Waals surface area contributed by atoms with Crippen molar-refractivity contribution in [2.75, 3.05) is 0 Å². The zero-order valence-electron chi connectivity index (χ0n) is 10.4. The molecule has 2 aromatic rings. The van der Waals surface area contributed by atoms with Gasteiger partial charge in [-0.3, -0.25) is 0 Å². The van der Waals surface area contributed by atoms with Crippen LogP contribution in [0.15, 0.2) is 53.0 Å². The first-order chi connectivity index (χ1) is 9.22. The topological polar surface area (TPSA) is 29.5 Å². The normalized spacial score (nSPS) is 16.1. The van der Waals surface area contributed by atoms with Gasteiger partial charge in [0.25, 0.3) is 0 Å². The van der Waals surface area contributed by atoms with E-state index in [1.54, 1.807) is 0 Å². The van der Waals surface area contributed by atoms with E-state index in [2.05, 4.69) is 15.9 Å². The first-order valence-corrected chi connectivity index (χ1v) is 7.22. The summed E-state index contributed by atoms with van der Waals surface area (Å²) in [5, 5.41) is 10.4. The van der Waals surface area contributed by atoms with Crippen LogP contribution in [0.4, 0.5) is 0 Å². The standard InChI is InChI=1S/C16H15BrO2/c17-13-6-4-11(5-7-13)16(18)12-2-1-3-15(10-12)19-14-8-9-14/h1-7,10,14,16,18H,8-9H2. The molecule has 1 aliphatic rings. The van der Waals surface area contributed by atoms with Crippen molar-refractivity contribution in [3.05, 3.63) is 64.1 Å². The molecule has 1 saturated carbocycles. The third-order valence-electron chi connectivity index (χ3n) is 3.19. The fraction of sp³-hybridized carbons (Fsp3) is 0.250. The molecule has 0 spiro atoms. The van der Waals surface area contributed by atoms with Gasteiger partial charge < -0.3 is 9.84 Å². The minimum absolute atomic E-state index is 0.375. The van der Waals surface area contributed by atoms with Crippen LogP contribution in [0.5, 0.6) is 5.75 Å². The molecule has 1 fully saturated rings. The van der Waals surface area contributed by atoms with Crippen molar-refractivity contribution in [1.29, 1.82) is 0 Å². The molecule has 0 aromatic heterocycles. The van der Waals surface area contributed by atoms with Crippen molar-refractivity contribution in [1.82, 2.24) is 0 Å². The largest absolute Gasteiger partial charge is 0.490 e. The summed E-state index contributed by atoms with van der Waals surface area (Å²) in [6, 6.07) is 15.4. The Hall–Kier alpha value is -1.32. The third-order valence-corrected chi connectivity index (χ3v) is 3.72. The van der Waals surface area contributed by atoms with Crippen LogP contribution >= 0.6 is 15.9 Å². The van der Waals surface area contributed by atoms with Crippen LogP contribution in [0.3, 0.4) is 0 Å². The van der Waals surface area contributed by atoms with E-state index in [0.717, 1.165) is 34.2 Å². The lowest BCUT2D eigenvalue weighted by atomic mass is 10.0. The zero-order valence-corrected chi connectivity index (χ0v) is 12.0. The summed E-state index contributed by atoms with van der Waals surface area (Å²) >= 11 is 3.39. The smallest absolute Gasteiger partial charge is 0.120 e. The minimum Gasteiger partial charge on any atom is -0.490 e. The van der Waals surface area contributed by atoms with Gasteiger partial charge in [0, 0.05) is 4.47 Å². The van der Waals surface area contributed by atoms with Crippen molar-refractivity contribution in [2.24, 2.45) is 0 Å². The van der Waals surface area contributed by atoms with Crippen LogP contribution in [0.1, 0.15) is 30.1 Å². The van der Waals surface area contributed by atoms with Crippen LogP contribution in [-0.4, -0.2) is 11.2 Å². The number of rotatable bonds is 4. The first-order valence-electron chi connectivity index (χ1n) is 6.42. The van der Waals surface area contributed by atoms with Gasteiger partial charge in [0.15, 0.2) is 0 Å². The Morgan fingerprint density at radius 3 is 2.47 bits per heavy atom. The molecule has 98 valence electrons. The van der Waals surface area contributed by atoms with Gasteiger partial charge in [-0.15, -0.1) is 0 Å². The molecule has 0 bridgehead atoms. The maximum absolute atomic E-state index is 10.4. The summed E-state index contributed by atoms with van der Waals surface area (Å²) in [5.41, 5.74) is 1.74. The van der Waals surface area contributed by atoms with E-state index in [-0.39, 0.29) is 0 Å². The third kappa shape index (κ3) is 3.17. The van der Waals surface area contributed by atoms with E-state index in [0.29, 0.717) is 6.10 Å². The van der Waals surface area contributed by atoms with E-state index < -0.39 is 6.10 Å². The van der Waals surface area contributed by atoms with Crippen LogP contribution in [-0.2, 0) is 0 Å². The van der Waals surface area contributed by atoms with Crippen molar-refractivity contribution in [2.45, 2.75) is 25.0 Å². The second kappa shape index (κ2) is 5.35. The summed E-state index contributed by atoms with van der Waals surface area (Å²) < 4.78 is 6.76. The number of hydrogen-bond donors (Lipinski definition) is 1. The summed E-state index contributed by atoms with van der Waals surface area (Å²) in [5.74, 6) is 0.844. The van der Waals surface area contributed by atoms with E-state index in [9.17, 15) is 5.11 Å². The molecule has 3 heteroatoms. The highest BCUT2D eigenvalue weighted by Gasteiger charge is 2.23. The Bertz CT molecular complexity index is 561. The molecule has 1 atom stereocenters. The minimum atomic E-state index is -0.615. The van der Waals surface area contributed by atoms with Crippen molar-refractivity contribution in [3.63, 3.8) is 0 Å². The van der Waals surface area contributed by atoms with E-state index in [1.807, 2.05) is 48.5 Å². The molecule has 0 amide bonds. The Morgan fingerprint density at radius 1 is 1.05 bits per heavy atom. The molecule has 0 radical (unpaired) electrons. The summed E-state index contributed by atoms with van der Waals surface area (Å²) in [6.07, 6.45) is 2.04. The maximum Gasteiger partial charge on any atom is 0.120 e. The average Bonchev–Trinajstić information content (AvgIpc) is 3.23. The fourth-order valence-corrected chi connectivity index (χ4v) is 2.24. The Labute approximate surface area is 121 Å². The molecule has 1 N–H and O–H groups in total. The quantitative estimate of drug-likeness (QED) is 0.920. The fourth-order valence-electron chi connectivity index (χ4n) is 1.97. The number of benzene rings is 2.